The van der Waals surface area contributed by atoms with Crippen LogP contribution >= 0.6 is 0 Å². The molecule has 1 saturated heterocycles. The van der Waals surface area contributed by atoms with Crippen LogP contribution in [0.25, 0.3) is 0 Å². The van der Waals surface area contributed by atoms with Gasteiger partial charge in [-0.2, -0.15) is 0 Å². The number of imide groups is 1. The molecular formula is C11H12N2O3. The molecule has 0 bridgehead atoms. The second-order valence-corrected chi connectivity index (χ2v) is 3.73. The number of phenolic OH excluding ortho intramolecular Hbond substituents is 1. The number of hydrogen-bond acceptors (Lipinski definition) is 4. The Labute approximate surface area is 92.7 Å². The van der Waals surface area contributed by atoms with E-state index in [-0.39, 0.29) is 30.2 Å². The topological polar surface area (TPSA) is 69.6 Å². The number of piperazine rings is 1. The molecule has 1 atom stereocenters. The summed E-state index contributed by atoms with van der Waals surface area (Å²) in [6.07, 6.45) is 0. The number of hydrogen-bond donors (Lipinski definition) is 2. The number of phenols is 1. The fourth-order valence-corrected chi connectivity index (χ4v) is 1.67. The van der Waals surface area contributed by atoms with E-state index < -0.39 is 0 Å². The van der Waals surface area contributed by atoms with Crippen molar-refractivity contribution in [2.75, 3.05) is 11.4 Å². The lowest BCUT2D eigenvalue weighted by Gasteiger charge is -2.33. The van der Waals surface area contributed by atoms with Gasteiger partial charge in [0, 0.05) is 5.69 Å². The van der Waals surface area contributed by atoms with Crippen LogP contribution in [-0.4, -0.2) is 29.5 Å². The highest BCUT2D eigenvalue weighted by atomic mass is 16.3. The monoisotopic (exact) mass is 220 g/mol. The molecule has 1 unspecified atom stereocenters. The summed E-state index contributed by atoms with van der Waals surface area (Å²) in [7, 11) is 0. The minimum absolute atomic E-state index is 0.150. The zero-order chi connectivity index (χ0) is 11.7. The van der Waals surface area contributed by atoms with Gasteiger partial charge in [-0.25, -0.2) is 0 Å². The van der Waals surface area contributed by atoms with E-state index in [0.29, 0.717) is 0 Å². The molecule has 1 aliphatic rings. The first-order valence-electron chi connectivity index (χ1n) is 4.97. The SMILES string of the molecule is CC1C(=O)NC(=O)CN1c1ccc(O)cc1. The molecule has 0 saturated carbocycles. The first-order chi connectivity index (χ1) is 7.58. The van der Waals surface area contributed by atoms with Crippen molar-refractivity contribution in [1.29, 1.82) is 0 Å². The summed E-state index contributed by atoms with van der Waals surface area (Å²) < 4.78 is 0. The van der Waals surface area contributed by atoms with E-state index in [0.717, 1.165) is 5.69 Å². The van der Waals surface area contributed by atoms with Gasteiger partial charge < -0.3 is 10.0 Å². The van der Waals surface area contributed by atoms with E-state index >= 15 is 0 Å². The third kappa shape index (κ3) is 1.84. The number of nitrogens with zero attached hydrogens (tertiary/aromatic N) is 1. The van der Waals surface area contributed by atoms with Crippen LogP contribution in [0, 0.1) is 0 Å². The zero-order valence-corrected chi connectivity index (χ0v) is 8.80. The van der Waals surface area contributed by atoms with Gasteiger partial charge in [0.25, 0.3) is 0 Å². The predicted molar refractivity (Wildman–Crippen MR) is 58.1 cm³/mol. The molecule has 2 rings (SSSR count). The largest absolute Gasteiger partial charge is 0.508 e. The predicted octanol–water partition coefficient (Wildman–Crippen LogP) is 0.243. The van der Waals surface area contributed by atoms with Crippen LogP contribution in [0.5, 0.6) is 5.75 Å². The van der Waals surface area contributed by atoms with Crippen molar-refractivity contribution in [3.8, 4) is 5.75 Å². The quantitative estimate of drug-likeness (QED) is 0.665. The average molecular weight is 220 g/mol. The van der Waals surface area contributed by atoms with Crippen LogP contribution in [0.3, 0.4) is 0 Å². The molecule has 84 valence electrons. The van der Waals surface area contributed by atoms with Crippen LogP contribution in [0.1, 0.15) is 6.92 Å². The molecule has 1 heterocycles. The number of benzene rings is 1. The van der Waals surface area contributed by atoms with Crippen molar-refractivity contribution in [2.45, 2.75) is 13.0 Å². The molecule has 1 fully saturated rings. The molecule has 1 aromatic rings. The minimum atomic E-state index is -0.387. The Kier molecular flexibility index (Phi) is 2.52. The van der Waals surface area contributed by atoms with Crippen molar-refractivity contribution < 1.29 is 14.7 Å². The maximum Gasteiger partial charge on any atom is 0.249 e. The Morgan fingerprint density at radius 1 is 1.31 bits per heavy atom. The van der Waals surface area contributed by atoms with Gasteiger partial charge in [0.2, 0.25) is 11.8 Å². The number of carbonyl (C=O) groups is 2. The Bertz CT molecular complexity index is 427. The van der Waals surface area contributed by atoms with Gasteiger partial charge in [0.05, 0.1) is 6.54 Å². The number of rotatable bonds is 1. The number of anilines is 1. The van der Waals surface area contributed by atoms with Crippen molar-refractivity contribution in [2.24, 2.45) is 0 Å². The minimum Gasteiger partial charge on any atom is -0.508 e. The summed E-state index contributed by atoms with van der Waals surface area (Å²) in [4.78, 5) is 24.4. The summed E-state index contributed by atoms with van der Waals surface area (Å²) in [6, 6.07) is 6.02. The molecule has 0 aromatic heterocycles. The Morgan fingerprint density at radius 3 is 2.56 bits per heavy atom. The molecule has 0 spiro atoms. The molecule has 2 N–H and O–H groups in total. The van der Waals surface area contributed by atoms with E-state index in [1.54, 1.807) is 24.0 Å². The van der Waals surface area contributed by atoms with E-state index in [2.05, 4.69) is 5.32 Å². The lowest BCUT2D eigenvalue weighted by molar-refractivity contribution is -0.132. The lowest BCUT2D eigenvalue weighted by Crippen LogP contribution is -2.57. The second-order valence-electron chi connectivity index (χ2n) is 3.73. The molecule has 0 radical (unpaired) electrons. The van der Waals surface area contributed by atoms with Gasteiger partial charge in [-0.1, -0.05) is 0 Å². The lowest BCUT2D eigenvalue weighted by atomic mass is 10.1. The Hall–Kier alpha value is -2.04. The third-order valence-corrected chi connectivity index (χ3v) is 2.60. The third-order valence-electron chi connectivity index (χ3n) is 2.60. The molecular weight excluding hydrogens is 208 g/mol. The van der Waals surface area contributed by atoms with Crippen molar-refractivity contribution in [1.82, 2.24) is 5.32 Å². The molecule has 0 aliphatic carbocycles. The number of aromatic hydroxyl groups is 1. The summed E-state index contributed by atoms with van der Waals surface area (Å²) in [5.74, 6) is -0.454. The summed E-state index contributed by atoms with van der Waals surface area (Å²) >= 11 is 0. The van der Waals surface area contributed by atoms with E-state index in [9.17, 15) is 9.59 Å². The molecule has 5 nitrogen and oxygen atoms in total. The van der Waals surface area contributed by atoms with Crippen LogP contribution in [0.4, 0.5) is 5.69 Å². The van der Waals surface area contributed by atoms with Crippen molar-refractivity contribution in [3.63, 3.8) is 0 Å². The highest BCUT2D eigenvalue weighted by molar-refractivity contribution is 6.04. The van der Waals surface area contributed by atoms with Crippen molar-refractivity contribution in [3.05, 3.63) is 24.3 Å². The normalized spacial score (nSPS) is 20.8. The van der Waals surface area contributed by atoms with Gasteiger partial charge in [-0.15, -0.1) is 0 Å². The van der Waals surface area contributed by atoms with Crippen LogP contribution in [-0.2, 0) is 9.59 Å². The first kappa shape index (κ1) is 10.5. The van der Waals surface area contributed by atoms with Crippen LogP contribution in [0.2, 0.25) is 0 Å². The standard InChI is InChI=1S/C11H12N2O3/c1-7-11(16)12-10(15)6-13(7)8-2-4-9(14)5-3-8/h2-5,7,14H,6H2,1H3,(H,12,15,16). The summed E-state index contributed by atoms with van der Waals surface area (Å²) in [6.45, 7) is 1.88. The van der Waals surface area contributed by atoms with Gasteiger partial charge in [0.15, 0.2) is 0 Å². The summed E-state index contributed by atoms with van der Waals surface area (Å²) in [5.41, 5.74) is 0.744. The molecule has 2 amide bonds. The van der Waals surface area contributed by atoms with Gasteiger partial charge in [0.1, 0.15) is 11.8 Å². The Morgan fingerprint density at radius 2 is 1.94 bits per heavy atom. The smallest absolute Gasteiger partial charge is 0.249 e. The number of carbonyl (C=O) groups excluding carboxylic acids is 2. The summed E-state index contributed by atoms with van der Waals surface area (Å²) in [5, 5.41) is 11.4. The molecule has 16 heavy (non-hydrogen) atoms. The Balaban J connectivity index is 2.28. The maximum absolute atomic E-state index is 11.4. The highest BCUT2D eigenvalue weighted by Gasteiger charge is 2.30. The number of amides is 2. The van der Waals surface area contributed by atoms with E-state index in [1.165, 1.54) is 12.1 Å². The van der Waals surface area contributed by atoms with Gasteiger partial charge in [-0.05, 0) is 31.2 Å². The molecule has 1 aromatic carbocycles. The molecule has 1 aliphatic heterocycles. The first-order valence-corrected chi connectivity index (χ1v) is 4.97. The maximum atomic E-state index is 11.4. The molecule has 5 heteroatoms. The second kappa shape index (κ2) is 3.84. The highest BCUT2D eigenvalue weighted by Crippen LogP contribution is 2.21. The fourth-order valence-electron chi connectivity index (χ4n) is 1.67. The zero-order valence-electron chi connectivity index (χ0n) is 8.80. The van der Waals surface area contributed by atoms with Gasteiger partial charge >= 0.3 is 0 Å². The van der Waals surface area contributed by atoms with Crippen LogP contribution < -0.4 is 10.2 Å². The van der Waals surface area contributed by atoms with Gasteiger partial charge in [-0.3, -0.25) is 14.9 Å². The number of nitrogens with one attached hydrogen (secondary N) is 1. The van der Waals surface area contributed by atoms with E-state index in [4.69, 9.17) is 5.11 Å². The average Bonchev–Trinajstić information content (AvgIpc) is 2.25. The van der Waals surface area contributed by atoms with E-state index in [1.807, 2.05) is 0 Å². The fraction of sp³-hybridized carbons (Fsp3) is 0.273. The van der Waals surface area contributed by atoms with Crippen LogP contribution in [0.15, 0.2) is 24.3 Å². The van der Waals surface area contributed by atoms with Crippen molar-refractivity contribution >= 4 is 17.5 Å².